The first-order chi connectivity index (χ1) is 7.77. The van der Waals surface area contributed by atoms with Crippen LogP contribution in [0.1, 0.15) is 19.5 Å². The molecule has 5 heteroatoms. The van der Waals surface area contributed by atoms with E-state index < -0.39 is 0 Å². The van der Waals surface area contributed by atoms with Gasteiger partial charge in [-0.2, -0.15) is 0 Å². The first-order valence-corrected chi connectivity index (χ1v) is 5.36. The minimum atomic E-state index is 0.249. The number of nitrogens with zero attached hydrogens (tertiary/aromatic N) is 2. The molecule has 2 rings (SSSR count). The quantitative estimate of drug-likeness (QED) is 0.703. The van der Waals surface area contributed by atoms with Gasteiger partial charge in [-0.05, 0) is 13.8 Å². The summed E-state index contributed by atoms with van der Waals surface area (Å²) in [5.41, 5.74) is 0.980. The largest absolute Gasteiger partial charge is 0.432 e. The molecule has 0 unspecified atom stereocenters. The van der Waals surface area contributed by atoms with Crippen molar-refractivity contribution in [2.24, 2.45) is 0 Å². The lowest BCUT2D eigenvalue weighted by Crippen LogP contribution is -2.09. The lowest BCUT2D eigenvalue weighted by atomic mass is 10.5. The molecule has 0 saturated heterocycles. The summed E-state index contributed by atoms with van der Waals surface area (Å²) in [5.74, 6) is 0.594. The van der Waals surface area contributed by atoms with Crippen molar-refractivity contribution in [3.05, 3.63) is 24.4 Å². The smallest absolute Gasteiger partial charge is 0.305 e. The standard InChI is InChI=1S/C11H16N2O3/c1-9(2)15-6-5-14-8-10-7-12-11-13(10)3-4-16-11/h3-4,7,9H,5-6,8H2,1-2H3. The van der Waals surface area contributed by atoms with Crippen molar-refractivity contribution < 1.29 is 13.9 Å². The van der Waals surface area contributed by atoms with Gasteiger partial charge in [0.15, 0.2) is 0 Å². The SMILES string of the molecule is CC(C)OCCOCc1cnc2occn12. The van der Waals surface area contributed by atoms with Gasteiger partial charge in [-0.3, -0.25) is 4.40 Å². The monoisotopic (exact) mass is 224 g/mol. The third kappa shape index (κ3) is 2.62. The molecule has 0 aliphatic carbocycles. The second kappa shape index (κ2) is 5.14. The van der Waals surface area contributed by atoms with Crippen LogP contribution in [-0.2, 0) is 16.1 Å². The fourth-order valence-corrected chi connectivity index (χ4v) is 1.40. The van der Waals surface area contributed by atoms with Gasteiger partial charge in [0.2, 0.25) is 0 Å². The van der Waals surface area contributed by atoms with Crippen LogP contribution in [-0.4, -0.2) is 28.7 Å². The Morgan fingerprint density at radius 1 is 1.44 bits per heavy atom. The third-order valence-electron chi connectivity index (χ3n) is 2.15. The number of hydrogen-bond donors (Lipinski definition) is 0. The molecule has 0 N–H and O–H groups in total. The Morgan fingerprint density at radius 3 is 3.12 bits per heavy atom. The molecule has 0 radical (unpaired) electrons. The minimum absolute atomic E-state index is 0.249. The predicted octanol–water partition coefficient (Wildman–Crippen LogP) is 1.87. The van der Waals surface area contributed by atoms with Crippen LogP contribution in [0.5, 0.6) is 0 Å². The summed E-state index contributed by atoms with van der Waals surface area (Å²) in [5, 5.41) is 0. The van der Waals surface area contributed by atoms with Gasteiger partial charge in [0, 0.05) is 6.20 Å². The summed E-state index contributed by atoms with van der Waals surface area (Å²) < 4.78 is 17.8. The van der Waals surface area contributed by atoms with Crippen molar-refractivity contribution in [2.45, 2.75) is 26.6 Å². The molecule has 2 aromatic heterocycles. The summed E-state index contributed by atoms with van der Waals surface area (Å²) in [7, 11) is 0. The second-order valence-electron chi connectivity index (χ2n) is 3.78. The van der Waals surface area contributed by atoms with Crippen LogP contribution < -0.4 is 0 Å². The Bertz CT molecular complexity index is 433. The first kappa shape index (κ1) is 11.2. The molecule has 0 aliphatic heterocycles. The fraction of sp³-hybridized carbons (Fsp3) is 0.545. The minimum Gasteiger partial charge on any atom is -0.432 e. The highest BCUT2D eigenvalue weighted by Gasteiger charge is 2.04. The Balaban J connectivity index is 1.76. The second-order valence-corrected chi connectivity index (χ2v) is 3.78. The number of hydrogen-bond acceptors (Lipinski definition) is 4. The van der Waals surface area contributed by atoms with E-state index >= 15 is 0 Å². The summed E-state index contributed by atoms with van der Waals surface area (Å²) in [6.45, 7) is 5.73. The average molecular weight is 224 g/mol. The van der Waals surface area contributed by atoms with Gasteiger partial charge >= 0.3 is 5.84 Å². The molecule has 0 spiro atoms. The Hall–Kier alpha value is -1.33. The van der Waals surface area contributed by atoms with Crippen LogP contribution in [0.2, 0.25) is 0 Å². The van der Waals surface area contributed by atoms with Gasteiger partial charge in [0.05, 0.1) is 37.8 Å². The zero-order valence-electron chi connectivity index (χ0n) is 9.55. The van der Waals surface area contributed by atoms with Crippen LogP contribution in [0, 0.1) is 0 Å². The number of rotatable bonds is 6. The summed E-state index contributed by atoms with van der Waals surface area (Å²) in [6.07, 6.45) is 5.43. The number of oxazole rings is 1. The van der Waals surface area contributed by atoms with E-state index in [1.165, 1.54) is 0 Å². The number of aromatic nitrogens is 2. The normalized spacial score (nSPS) is 11.7. The number of imidazole rings is 1. The third-order valence-corrected chi connectivity index (χ3v) is 2.15. The zero-order chi connectivity index (χ0) is 11.4. The maximum absolute atomic E-state index is 5.48. The van der Waals surface area contributed by atoms with Crippen molar-refractivity contribution in [1.29, 1.82) is 0 Å². The van der Waals surface area contributed by atoms with E-state index in [2.05, 4.69) is 4.98 Å². The molecule has 2 heterocycles. The molecule has 0 amide bonds. The molecule has 2 aromatic rings. The van der Waals surface area contributed by atoms with Crippen molar-refractivity contribution in [3.63, 3.8) is 0 Å². The van der Waals surface area contributed by atoms with Crippen LogP contribution in [0.3, 0.4) is 0 Å². The van der Waals surface area contributed by atoms with E-state index in [1.54, 1.807) is 12.5 Å². The molecule has 0 aromatic carbocycles. The van der Waals surface area contributed by atoms with Gasteiger partial charge in [0.1, 0.15) is 6.26 Å². The lowest BCUT2D eigenvalue weighted by molar-refractivity contribution is 0.0134. The van der Waals surface area contributed by atoms with Crippen LogP contribution in [0.4, 0.5) is 0 Å². The molecule has 0 saturated carbocycles. The topological polar surface area (TPSA) is 48.9 Å². The summed E-state index contributed by atoms with van der Waals surface area (Å²) in [4.78, 5) is 4.09. The molecule has 5 nitrogen and oxygen atoms in total. The van der Waals surface area contributed by atoms with E-state index in [0.717, 1.165) is 5.69 Å². The van der Waals surface area contributed by atoms with Crippen LogP contribution in [0.15, 0.2) is 23.1 Å². The summed E-state index contributed by atoms with van der Waals surface area (Å²) >= 11 is 0. The highest BCUT2D eigenvalue weighted by Crippen LogP contribution is 2.07. The molecule has 0 bridgehead atoms. The Morgan fingerprint density at radius 2 is 2.31 bits per heavy atom. The molecule has 0 aliphatic rings. The first-order valence-electron chi connectivity index (χ1n) is 5.36. The van der Waals surface area contributed by atoms with Gasteiger partial charge in [-0.1, -0.05) is 0 Å². The molecular formula is C11H16N2O3. The number of fused-ring (bicyclic) bond motifs is 1. The molecule has 16 heavy (non-hydrogen) atoms. The maximum Gasteiger partial charge on any atom is 0.305 e. The van der Waals surface area contributed by atoms with Crippen molar-refractivity contribution >= 4 is 5.84 Å². The van der Waals surface area contributed by atoms with Crippen LogP contribution in [0.25, 0.3) is 5.84 Å². The van der Waals surface area contributed by atoms with Crippen molar-refractivity contribution in [3.8, 4) is 0 Å². The van der Waals surface area contributed by atoms with E-state index in [1.807, 2.05) is 24.4 Å². The number of ether oxygens (including phenoxy) is 2. The molecule has 0 fully saturated rings. The van der Waals surface area contributed by atoms with Gasteiger partial charge in [0.25, 0.3) is 0 Å². The average Bonchev–Trinajstić information content (AvgIpc) is 2.80. The van der Waals surface area contributed by atoms with Crippen molar-refractivity contribution in [1.82, 2.24) is 9.38 Å². The van der Waals surface area contributed by atoms with Gasteiger partial charge < -0.3 is 13.9 Å². The van der Waals surface area contributed by atoms with Crippen molar-refractivity contribution in [2.75, 3.05) is 13.2 Å². The highest BCUT2D eigenvalue weighted by atomic mass is 16.5. The van der Waals surface area contributed by atoms with E-state index in [0.29, 0.717) is 25.7 Å². The Labute approximate surface area is 94.0 Å². The predicted molar refractivity (Wildman–Crippen MR) is 58.2 cm³/mol. The van der Waals surface area contributed by atoms with E-state index in [-0.39, 0.29) is 6.10 Å². The van der Waals surface area contributed by atoms with E-state index in [4.69, 9.17) is 13.9 Å². The zero-order valence-corrected chi connectivity index (χ0v) is 9.55. The molecule has 0 atom stereocenters. The molecular weight excluding hydrogens is 208 g/mol. The maximum atomic E-state index is 5.48. The van der Waals surface area contributed by atoms with Gasteiger partial charge in [-0.25, -0.2) is 4.98 Å². The van der Waals surface area contributed by atoms with Crippen LogP contribution >= 0.6 is 0 Å². The Kier molecular flexibility index (Phi) is 3.58. The lowest BCUT2D eigenvalue weighted by Gasteiger charge is -2.07. The fourth-order valence-electron chi connectivity index (χ4n) is 1.40. The van der Waals surface area contributed by atoms with E-state index in [9.17, 15) is 0 Å². The molecule has 88 valence electrons. The van der Waals surface area contributed by atoms with Gasteiger partial charge in [-0.15, -0.1) is 0 Å². The summed E-state index contributed by atoms with van der Waals surface area (Å²) in [6, 6.07) is 0. The highest BCUT2D eigenvalue weighted by molar-refractivity contribution is 5.26.